The van der Waals surface area contributed by atoms with Crippen molar-refractivity contribution < 1.29 is 9.18 Å². The average molecular weight is 332 g/mol. The van der Waals surface area contributed by atoms with Crippen molar-refractivity contribution in [1.29, 1.82) is 0 Å². The van der Waals surface area contributed by atoms with E-state index in [1.54, 1.807) is 34.9 Å². The summed E-state index contributed by atoms with van der Waals surface area (Å²) in [5.41, 5.74) is 2.50. The molecule has 0 atom stereocenters. The van der Waals surface area contributed by atoms with Crippen LogP contribution in [0.3, 0.4) is 0 Å². The van der Waals surface area contributed by atoms with E-state index in [-0.39, 0.29) is 11.7 Å². The maximum atomic E-state index is 13.6. The molecule has 2 aromatic heterocycles. The Morgan fingerprint density at radius 3 is 2.87 bits per heavy atom. The number of hydrogen-bond donors (Lipinski definition) is 1. The van der Waals surface area contributed by atoms with Crippen molar-refractivity contribution in [3.8, 4) is 0 Å². The quantitative estimate of drug-likeness (QED) is 0.799. The van der Waals surface area contributed by atoms with Crippen LogP contribution in [0.15, 0.2) is 18.2 Å². The highest BCUT2D eigenvalue weighted by Crippen LogP contribution is 2.19. The number of nitrogens with zero attached hydrogens (tertiary/aromatic N) is 3. The minimum Gasteiger partial charge on any atom is -0.346 e. The molecule has 3 aromatic rings. The summed E-state index contributed by atoms with van der Waals surface area (Å²) in [5.74, 6) is -0.697. The molecule has 0 fully saturated rings. The summed E-state index contributed by atoms with van der Waals surface area (Å²) in [6.45, 7) is 5.89. The Morgan fingerprint density at radius 1 is 1.39 bits per heavy atom. The molecule has 2 heterocycles. The zero-order chi connectivity index (χ0) is 16.6. The summed E-state index contributed by atoms with van der Waals surface area (Å²) in [7, 11) is 0. The van der Waals surface area contributed by atoms with Crippen LogP contribution in [-0.4, -0.2) is 20.5 Å². The first kappa shape index (κ1) is 15.6. The molecule has 5 nitrogen and oxygen atoms in total. The van der Waals surface area contributed by atoms with E-state index in [0.29, 0.717) is 17.7 Å². The third-order valence-corrected chi connectivity index (χ3v) is 4.74. The number of aromatic nitrogens is 3. The lowest BCUT2D eigenvalue weighted by Gasteiger charge is -2.06. The molecular weight excluding hydrogens is 315 g/mol. The van der Waals surface area contributed by atoms with Gasteiger partial charge in [-0.1, -0.05) is 24.3 Å². The van der Waals surface area contributed by atoms with Gasteiger partial charge in [-0.05, 0) is 38.0 Å². The SMILES string of the molecule is CCc1nn2c(CNC(=O)c3ccc(C)c(F)c3)c(C)nc2s1. The van der Waals surface area contributed by atoms with E-state index in [2.05, 4.69) is 15.4 Å². The molecule has 0 aliphatic heterocycles. The third-order valence-electron chi connectivity index (χ3n) is 3.69. The highest BCUT2D eigenvalue weighted by molar-refractivity contribution is 7.16. The van der Waals surface area contributed by atoms with Gasteiger partial charge >= 0.3 is 0 Å². The van der Waals surface area contributed by atoms with Crippen LogP contribution in [-0.2, 0) is 13.0 Å². The van der Waals surface area contributed by atoms with E-state index >= 15 is 0 Å². The lowest BCUT2D eigenvalue weighted by Crippen LogP contribution is -2.24. The average Bonchev–Trinajstić information content (AvgIpc) is 3.04. The van der Waals surface area contributed by atoms with Crippen LogP contribution in [0.25, 0.3) is 4.96 Å². The molecule has 0 aliphatic rings. The fourth-order valence-electron chi connectivity index (χ4n) is 2.28. The Hall–Kier alpha value is -2.28. The number of hydrogen-bond acceptors (Lipinski definition) is 4. The highest BCUT2D eigenvalue weighted by Gasteiger charge is 2.15. The standard InChI is InChI=1S/C16H17FN4OS/c1-4-14-20-21-13(10(3)19-16(21)23-14)8-18-15(22)11-6-5-9(2)12(17)7-11/h5-7H,4,8H2,1-3H3,(H,18,22). The van der Waals surface area contributed by atoms with E-state index in [1.165, 1.54) is 6.07 Å². The second-order valence-electron chi connectivity index (χ2n) is 5.33. The predicted molar refractivity (Wildman–Crippen MR) is 87.3 cm³/mol. The largest absolute Gasteiger partial charge is 0.346 e. The van der Waals surface area contributed by atoms with Gasteiger partial charge in [0.2, 0.25) is 4.96 Å². The Balaban J connectivity index is 1.79. The second kappa shape index (κ2) is 6.08. The Labute approximate surface area is 137 Å². The molecule has 0 radical (unpaired) electrons. The van der Waals surface area contributed by atoms with Crippen LogP contribution in [0.5, 0.6) is 0 Å². The van der Waals surface area contributed by atoms with Crippen LogP contribution < -0.4 is 5.32 Å². The molecule has 1 N–H and O–H groups in total. The fraction of sp³-hybridized carbons (Fsp3) is 0.312. The van der Waals surface area contributed by atoms with E-state index in [9.17, 15) is 9.18 Å². The van der Waals surface area contributed by atoms with Gasteiger partial charge in [0.1, 0.15) is 10.8 Å². The summed E-state index contributed by atoms with van der Waals surface area (Å²) in [6, 6.07) is 4.46. The minimum absolute atomic E-state index is 0.300. The predicted octanol–water partition coefficient (Wildman–Crippen LogP) is 3.04. The van der Waals surface area contributed by atoms with Crippen LogP contribution in [0.2, 0.25) is 0 Å². The number of halogens is 1. The smallest absolute Gasteiger partial charge is 0.251 e. The van der Waals surface area contributed by atoms with Crippen LogP contribution in [0.4, 0.5) is 4.39 Å². The van der Waals surface area contributed by atoms with Crippen molar-refractivity contribution in [3.05, 3.63) is 51.5 Å². The Bertz CT molecular complexity index is 884. The molecule has 23 heavy (non-hydrogen) atoms. The zero-order valence-electron chi connectivity index (χ0n) is 13.2. The van der Waals surface area contributed by atoms with Gasteiger partial charge in [0.25, 0.3) is 5.91 Å². The molecule has 0 saturated heterocycles. The van der Waals surface area contributed by atoms with Crippen LogP contribution in [0.1, 0.15) is 39.2 Å². The van der Waals surface area contributed by atoms with Crippen molar-refractivity contribution in [2.24, 2.45) is 0 Å². The van der Waals surface area contributed by atoms with Gasteiger partial charge in [0.05, 0.1) is 17.9 Å². The summed E-state index contributed by atoms with van der Waals surface area (Å²) in [4.78, 5) is 17.5. The lowest BCUT2D eigenvalue weighted by molar-refractivity contribution is 0.0949. The number of fused-ring (bicyclic) bond motifs is 1. The van der Waals surface area contributed by atoms with Crippen molar-refractivity contribution in [1.82, 2.24) is 19.9 Å². The van der Waals surface area contributed by atoms with Crippen molar-refractivity contribution >= 4 is 22.2 Å². The number of benzene rings is 1. The van der Waals surface area contributed by atoms with Gasteiger partial charge in [0.15, 0.2) is 0 Å². The number of carbonyl (C=O) groups is 1. The maximum Gasteiger partial charge on any atom is 0.251 e. The fourth-order valence-corrected chi connectivity index (χ4v) is 3.17. The van der Waals surface area contributed by atoms with E-state index in [4.69, 9.17) is 0 Å². The number of nitrogens with one attached hydrogen (secondary N) is 1. The van der Waals surface area contributed by atoms with E-state index in [1.807, 2.05) is 13.8 Å². The first-order valence-electron chi connectivity index (χ1n) is 7.38. The van der Waals surface area contributed by atoms with E-state index in [0.717, 1.165) is 27.8 Å². The number of rotatable bonds is 4. The first-order valence-corrected chi connectivity index (χ1v) is 8.19. The van der Waals surface area contributed by atoms with Gasteiger partial charge in [-0.15, -0.1) is 0 Å². The highest BCUT2D eigenvalue weighted by atomic mass is 32.1. The molecule has 1 amide bonds. The first-order chi connectivity index (χ1) is 11.0. The molecule has 3 rings (SSSR count). The van der Waals surface area contributed by atoms with Crippen molar-refractivity contribution in [2.45, 2.75) is 33.7 Å². The maximum absolute atomic E-state index is 13.6. The minimum atomic E-state index is -0.382. The molecule has 0 spiro atoms. The molecule has 7 heteroatoms. The molecule has 1 aromatic carbocycles. The Kier molecular flexibility index (Phi) is 4.12. The molecule has 0 aliphatic carbocycles. The van der Waals surface area contributed by atoms with E-state index < -0.39 is 0 Å². The van der Waals surface area contributed by atoms with Gasteiger partial charge in [0, 0.05) is 5.56 Å². The van der Waals surface area contributed by atoms with Gasteiger partial charge in [-0.2, -0.15) is 5.10 Å². The molecule has 0 bridgehead atoms. The number of carbonyl (C=O) groups excluding carboxylic acids is 1. The van der Waals surface area contributed by atoms with Crippen molar-refractivity contribution in [2.75, 3.05) is 0 Å². The lowest BCUT2D eigenvalue weighted by atomic mass is 10.1. The number of imidazole rings is 1. The summed E-state index contributed by atoms with van der Waals surface area (Å²) < 4.78 is 15.3. The summed E-state index contributed by atoms with van der Waals surface area (Å²) in [5, 5.41) is 8.30. The van der Waals surface area contributed by atoms with Crippen LogP contribution >= 0.6 is 11.3 Å². The van der Waals surface area contributed by atoms with Crippen molar-refractivity contribution in [3.63, 3.8) is 0 Å². The molecule has 0 unspecified atom stereocenters. The summed E-state index contributed by atoms with van der Waals surface area (Å²) in [6.07, 6.45) is 0.849. The Morgan fingerprint density at radius 2 is 2.17 bits per heavy atom. The number of aryl methyl sites for hydroxylation is 3. The number of amides is 1. The summed E-state index contributed by atoms with van der Waals surface area (Å²) >= 11 is 1.54. The second-order valence-corrected chi connectivity index (χ2v) is 6.37. The molecular formula is C16H17FN4OS. The van der Waals surface area contributed by atoms with Crippen LogP contribution in [0, 0.1) is 19.7 Å². The van der Waals surface area contributed by atoms with Gasteiger partial charge in [-0.3, -0.25) is 4.79 Å². The monoisotopic (exact) mass is 332 g/mol. The molecule has 0 saturated carbocycles. The normalized spacial score (nSPS) is 11.1. The topological polar surface area (TPSA) is 59.3 Å². The third kappa shape index (κ3) is 2.96. The van der Waals surface area contributed by atoms with Gasteiger partial charge in [-0.25, -0.2) is 13.9 Å². The zero-order valence-corrected chi connectivity index (χ0v) is 14.0. The van der Waals surface area contributed by atoms with Gasteiger partial charge < -0.3 is 5.32 Å². The molecule has 120 valence electrons.